The molecule has 14 heavy (non-hydrogen) atoms. The highest BCUT2D eigenvalue weighted by atomic mass is 32.2. The van der Waals surface area contributed by atoms with Crippen molar-refractivity contribution in [1.82, 2.24) is 5.32 Å². The van der Waals surface area contributed by atoms with Crippen molar-refractivity contribution < 1.29 is 8.42 Å². The van der Waals surface area contributed by atoms with E-state index in [0.717, 1.165) is 0 Å². The number of hydrogen-bond donors (Lipinski definition) is 1. The minimum absolute atomic E-state index is 0.106. The monoisotopic (exact) mass is 218 g/mol. The fraction of sp³-hybridized carbons (Fsp3) is 0.889. The molecule has 4 nitrogen and oxygen atoms in total. The summed E-state index contributed by atoms with van der Waals surface area (Å²) in [6.07, 6.45) is 1.21. The molecule has 0 fully saturated rings. The summed E-state index contributed by atoms with van der Waals surface area (Å²) in [7, 11) is -2.94. The molecule has 1 N–H and O–H groups in total. The minimum atomic E-state index is -2.94. The Morgan fingerprint density at radius 1 is 1.50 bits per heavy atom. The maximum atomic E-state index is 10.9. The van der Waals surface area contributed by atoms with Gasteiger partial charge >= 0.3 is 0 Å². The Bertz CT molecular complexity index is 314. The summed E-state index contributed by atoms with van der Waals surface area (Å²) in [6.45, 7) is 5.93. The zero-order valence-corrected chi connectivity index (χ0v) is 9.98. The highest BCUT2D eigenvalue weighted by molar-refractivity contribution is 7.90. The van der Waals surface area contributed by atoms with Crippen LogP contribution in [0.3, 0.4) is 0 Å². The van der Waals surface area contributed by atoms with Gasteiger partial charge < -0.3 is 5.32 Å². The van der Waals surface area contributed by atoms with Crippen molar-refractivity contribution in [3.8, 4) is 6.07 Å². The number of hydrogen-bond acceptors (Lipinski definition) is 4. The van der Waals surface area contributed by atoms with Gasteiger partial charge in [-0.25, -0.2) is 8.42 Å². The van der Waals surface area contributed by atoms with E-state index in [0.29, 0.717) is 6.54 Å². The molecule has 82 valence electrons. The van der Waals surface area contributed by atoms with Gasteiger partial charge in [-0.15, -0.1) is 0 Å². The number of nitrogens with one attached hydrogen (secondary N) is 1. The van der Waals surface area contributed by atoms with Gasteiger partial charge in [-0.05, 0) is 20.8 Å². The fourth-order valence-electron chi connectivity index (χ4n) is 0.982. The van der Waals surface area contributed by atoms with E-state index >= 15 is 0 Å². The second kappa shape index (κ2) is 4.76. The van der Waals surface area contributed by atoms with Crippen LogP contribution in [0.25, 0.3) is 0 Å². The van der Waals surface area contributed by atoms with Crippen LogP contribution in [0.5, 0.6) is 0 Å². The Kier molecular flexibility index (Phi) is 4.56. The van der Waals surface area contributed by atoms with Gasteiger partial charge in [-0.2, -0.15) is 5.26 Å². The van der Waals surface area contributed by atoms with Crippen LogP contribution in [0.2, 0.25) is 0 Å². The standard InChI is InChI=1S/C9H18N2O2S/c1-8(5-14(4,12)13)11-7-9(2,3)6-10/h8,11H,5,7H2,1-4H3. The van der Waals surface area contributed by atoms with Crippen molar-refractivity contribution >= 4 is 9.84 Å². The Balaban J connectivity index is 4.00. The fourth-order valence-corrected chi connectivity index (χ4v) is 2.01. The van der Waals surface area contributed by atoms with E-state index in [9.17, 15) is 8.42 Å². The topological polar surface area (TPSA) is 70.0 Å². The second-order valence-electron chi connectivity index (χ2n) is 4.37. The third-order valence-corrected chi connectivity index (χ3v) is 2.85. The summed E-state index contributed by atoms with van der Waals surface area (Å²) >= 11 is 0. The van der Waals surface area contributed by atoms with Gasteiger partial charge in [0, 0.05) is 18.8 Å². The van der Waals surface area contributed by atoms with Gasteiger partial charge in [0.25, 0.3) is 0 Å². The lowest BCUT2D eigenvalue weighted by atomic mass is 9.96. The molecule has 0 aliphatic rings. The van der Waals surface area contributed by atoms with E-state index in [1.165, 1.54) is 6.26 Å². The van der Waals surface area contributed by atoms with E-state index in [1.807, 2.05) is 13.8 Å². The summed E-state index contributed by atoms with van der Waals surface area (Å²) in [6, 6.07) is 2.03. The maximum Gasteiger partial charge on any atom is 0.148 e. The molecule has 1 unspecified atom stereocenters. The van der Waals surface area contributed by atoms with Crippen molar-refractivity contribution in [2.45, 2.75) is 26.8 Å². The molecule has 0 heterocycles. The van der Waals surface area contributed by atoms with Crippen LogP contribution in [0.1, 0.15) is 20.8 Å². The van der Waals surface area contributed by atoms with E-state index in [2.05, 4.69) is 11.4 Å². The number of nitriles is 1. The molecule has 0 aliphatic carbocycles. The average Bonchev–Trinajstić information content (AvgIpc) is 1.98. The molecule has 0 bridgehead atoms. The lowest BCUT2D eigenvalue weighted by Crippen LogP contribution is -2.38. The Morgan fingerprint density at radius 2 is 2.00 bits per heavy atom. The van der Waals surface area contributed by atoms with Gasteiger partial charge in [-0.3, -0.25) is 0 Å². The molecule has 1 atom stereocenters. The summed E-state index contributed by atoms with van der Waals surface area (Å²) in [5, 5.41) is 11.8. The van der Waals surface area contributed by atoms with Crippen molar-refractivity contribution in [2.24, 2.45) is 5.41 Å². The van der Waals surface area contributed by atoms with Gasteiger partial charge in [0.05, 0.1) is 17.2 Å². The maximum absolute atomic E-state index is 10.9. The third-order valence-electron chi connectivity index (χ3n) is 1.75. The van der Waals surface area contributed by atoms with Gasteiger partial charge in [0.1, 0.15) is 9.84 Å². The van der Waals surface area contributed by atoms with Crippen molar-refractivity contribution in [1.29, 1.82) is 5.26 Å². The van der Waals surface area contributed by atoms with E-state index in [-0.39, 0.29) is 11.8 Å². The zero-order valence-electron chi connectivity index (χ0n) is 9.16. The SMILES string of the molecule is CC(CS(C)(=O)=O)NCC(C)(C)C#N. The van der Waals surface area contributed by atoms with Crippen LogP contribution in [-0.4, -0.2) is 33.0 Å². The lowest BCUT2D eigenvalue weighted by molar-refractivity contribution is 0.420. The van der Waals surface area contributed by atoms with E-state index in [4.69, 9.17) is 5.26 Å². The molecule has 0 aliphatic heterocycles. The van der Waals surface area contributed by atoms with E-state index in [1.54, 1.807) is 6.92 Å². The predicted molar refractivity (Wildman–Crippen MR) is 56.6 cm³/mol. The first-order valence-electron chi connectivity index (χ1n) is 4.49. The second-order valence-corrected chi connectivity index (χ2v) is 6.55. The molecular weight excluding hydrogens is 200 g/mol. The third kappa shape index (κ3) is 6.87. The van der Waals surface area contributed by atoms with Crippen LogP contribution in [0.4, 0.5) is 0 Å². The normalized spacial score (nSPS) is 14.8. The van der Waals surface area contributed by atoms with Crippen LogP contribution in [-0.2, 0) is 9.84 Å². The van der Waals surface area contributed by atoms with Gasteiger partial charge in [0.2, 0.25) is 0 Å². The number of nitrogens with zero attached hydrogens (tertiary/aromatic N) is 1. The molecule has 0 amide bonds. The quantitative estimate of drug-likeness (QED) is 0.732. The molecule has 0 radical (unpaired) electrons. The summed E-state index contributed by atoms with van der Waals surface area (Å²) in [5.41, 5.74) is -0.453. The highest BCUT2D eigenvalue weighted by Gasteiger charge is 2.18. The van der Waals surface area contributed by atoms with Crippen LogP contribution >= 0.6 is 0 Å². The van der Waals surface area contributed by atoms with Crippen LogP contribution in [0, 0.1) is 16.7 Å². The van der Waals surface area contributed by atoms with Crippen molar-refractivity contribution in [3.63, 3.8) is 0 Å². The minimum Gasteiger partial charge on any atom is -0.312 e. The predicted octanol–water partition coefficient (Wildman–Crippen LogP) is 0.559. The van der Waals surface area contributed by atoms with E-state index < -0.39 is 15.3 Å². The average molecular weight is 218 g/mol. The number of rotatable bonds is 5. The molecule has 0 aromatic carbocycles. The largest absolute Gasteiger partial charge is 0.312 e. The first-order valence-corrected chi connectivity index (χ1v) is 6.55. The Labute approximate surface area is 86.2 Å². The molecule has 0 saturated heterocycles. The summed E-state index contributed by atoms with van der Waals surface area (Å²) in [5.74, 6) is 0.106. The molecule has 0 aromatic heterocycles. The molecule has 0 rings (SSSR count). The zero-order chi connectivity index (χ0) is 11.4. The Morgan fingerprint density at radius 3 is 2.36 bits per heavy atom. The van der Waals surface area contributed by atoms with Gasteiger partial charge in [-0.1, -0.05) is 0 Å². The lowest BCUT2D eigenvalue weighted by Gasteiger charge is -2.19. The number of sulfone groups is 1. The van der Waals surface area contributed by atoms with Crippen molar-refractivity contribution in [2.75, 3.05) is 18.6 Å². The molecule has 0 aromatic rings. The highest BCUT2D eigenvalue weighted by Crippen LogP contribution is 2.10. The first-order chi connectivity index (χ1) is 6.16. The molecule has 5 heteroatoms. The molecular formula is C9H18N2O2S. The van der Waals surface area contributed by atoms with Crippen LogP contribution in [0.15, 0.2) is 0 Å². The van der Waals surface area contributed by atoms with Crippen LogP contribution < -0.4 is 5.32 Å². The summed E-state index contributed by atoms with van der Waals surface area (Å²) < 4.78 is 21.9. The smallest absolute Gasteiger partial charge is 0.148 e. The molecule has 0 saturated carbocycles. The Hall–Kier alpha value is -0.600. The van der Waals surface area contributed by atoms with Gasteiger partial charge in [0.15, 0.2) is 0 Å². The first kappa shape index (κ1) is 13.4. The molecule has 0 spiro atoms. The summed E-state index contributed by atoms with van der Waals surface area (Å²) in [4.78, 5) is 0. The van der Waals surface area contributed by atoms with Crippen molar-refractivity contribution in [3.05, 3.63) is 0 Å².